The second-order valence-corrected chi connectivity index (χ2v) is 8.82. The normalized spacial score (nSPS) is 15.2. The van der Waals surface area contributed by atoms with E-state index in [4.69, 9.17) is 0 Å². The zero-order valence-corrected chi connectivity index (χ0v) is 16.0. The summed E-state index contributed by atoms with van der Waals surface area (Å²) in [5, 5.41) is 2.83. The number of amides is 1. The first-order chi connectivity index (χ1) is 12.0. The SMILES string of the molecule is O=C(Nc1ccccc1Br)c1ccc(CS(=O)(=O)N2CCCC2)cc1. The van der Waals surface area contributed by atoms with Gasteiger partial charge in [0.2, 0.25) is 10.0 Å². The van der Waals surface area contributed by atoms with E-state index in [9.17, 15) is 13.2 Å². The van der Waals surface area contributed by atoms with Gasteiger partial charge >= 0.3 is 0 Å². The summed E-state index contributed by atoms with van der Waals surface area (Å²) in [6, 6.07) is 14.1. The van der Waals surface area contributed by atoms with Crippen molar-refractivity contribution in [2.24, 2.45) is 0 Å². The van der Waals surface area contributed by atoms with Crippen LogP contribution in [0.3, 0.4) is 0 Å². The van der Waals surface area contributed by atoms with Crippen LogP contribution >= 0.6 is 15.9 Å². The first kappa shape index (κ1) is 18.1. The minimum atomic E-state index is -3.27. The molecule has 1 N–H and O–H groups in total. The van der Waals surface area contributed by atoms with Gasteiger partial charge in [0.05, 0.1) is 11.4 Å². The highest BCUT2D eigenvalue weighted by molar-refractivity contribution is 9.10. The summed E-state index contributed by atoms with van der Waals surface area (Å²) in [6.07, 6.45) is 1.85. The van der Waals surface area contributed by atoms with Crippen molar-refractivity contribution in [3.63, 3.8) is 0 Å². The molecule has 5 nitrogen and oxygen atoms in total. The van der Waals surface area contributed by atoms with Crippen molar-refractivity contribution < 1.29 is 13.2 Å². The van der Waals surface area contributed by atoms with Crippen LogP contribution in [-0.4, -0.2) is 31.7 Å². The topological polar surface area (TPSA) is 66.5 Å². The molecule has 2 aromatic carbocycles. The van der Waals surface area contributed by atoms with Gasteiger partial charge < -0.3 is 5.32 Å². The summed E-state index contributed by atoms with van der Waals surface area (Å²) in [4.78, 5) is 12.3. The Labute approximate surface area is 156 Å². The molecule has 7 heteroatoms. The lowest BCUT2D eigenvalue weighted by atomic mass is 10.1. The van der Waals surface area contributed by atoms with Crippen molar-refractivity contribution in [2.75, 3.05) is 18.4 Å². The van der Waals surface area contributed by atoms with E-state index in [2.05, 4.69) is 21.2 Å². The minimum Gasteiger partial charge on any atom is -0.321 e. The number of para-hydroxylation sites is 1. The van der Waals surface area contributed by atoms with E-state index in [1.165, 1.54) is 0 Å². The molecule has 1 aliphatic rings. The summed E-state index contributed by atoms with van der Waals surface area (Å²) in [5.74, 6) is -0.264. The van der Waals surface area contributed by atoms with Crippen LogP contribution in [0.25, 0.3) is 0 Å². The monoisotopic (exact) mass is 422 g/mol. The quantitative estimate of drug-likeness (QED) is 0.799. The van der Waals surface area contributed by atoms with Crippen molar-refractivity contribution >= 4 is 37.5 Å². The van der Waals surface area contributed by atoms with Crippen LogP contribution in [0.5, 0.6) is 0 Å². The number of hydrogen-bond donors (Lipinski definition) is 1. The maximum absolute atomic E-state index is 12.3. The maximum atomic E-state index is 12.3. The van der Waals surface area contributed by atoms with E-state index in [0.717, 1.165) is 17.3 Å². The average Bonchev–Trinajstić information content (AvgIpc) is 3.13. The van der Waals surface area contributed by atoms with E-state index in [1.807, 2.05) is 18.2 Å². The van der Waals surface area contributed by atoms with Gasteiger partial charge in [-0.15, -0.1) is 0 Å². The van der Waals surface area contributed by atoms with Crippen LogP contribution in [0.4, 0.5) is 5.69 Å². The molecule has 3 rings (SSSR count). The average molecular weight is 423 g/mol. The molecule has 0 unspecified atom stereocenters. The third kappa shape index (κ3) is 4.48. The standard InChI is InChI=1S/C18H19BrN2O3S/c19-16-5-1-2-6-17(16)20-18(22)15-9-7-14(8-10-15)13-25(23,24)21-11-3-4-12-21/h1-2,5-10H,3-4,11-13H2,(H,20,22). The fourth-order valence-corrected chi connectivity index (χ4v) is 4.77. The van der Waals surface area contributed by atoms with Crippen LogP contribution in [0.2, 0.25) is 0 Å². The molecule has 0 spiro atoms. The molecule has 0 aliphatic carbocycles. The molecule has 1 amide bonds. The highest BCUT2D eigenvalue weighted by Gasteiger charge is 2.25. The van der Waals surface area contributed by atoms with Gasteiger partial charge in [-0.2, -0.15) is 0 Å². The van der Waals surface area contributed by atoms with Gasteiger partial charge in [0.25, 0.3) is 5.91 Å². The molecule has 0 aromatic heterocycles. The molecule has 0 radical (unpaired) electrons. The van der Waals surface area contributed by atoms with E-state index in [-0.39, 0.29) is 11.7 Å². The fourth-order valence-electron chi connectivity index (χ4n) is 2.78. The van der Waals surface area contributed by atoms with Gasteiger partial charge in [-0.3, -0.25) is 4.79 Å². The summed E-state index contributed by atoms with van der Waals surface area (Å²) in [7, 11) is -3.27. The number of halogens is 1. The molecule has 25 heavy (non-hydrogen) atoms. The van der Waals surface area contributed by atoms with Gasteiger partial charge in [-0.05, 0) is 58.6 Å². The van der Waals surface area contributed by atoms with Crippen LogP contribution in [0.15, 0.2) is 53.0 Å². The molecular formula is C18H19BrN2O3S. The highest BCUT2D eigenvalue weighted by Crippen LogP contribution is 2.22. The summed E-state index contributed by atoms with van der Waals surface area (Å²) < 4.78 is 27.0. The maximum Gasteiger partial charge on any atom is 0.255 e. The van der Waals surface area contributed by atoms with Gasteiger partial charge in [0, 0.05) is 23.1 Å². The fraction of sp³-hybridized carbons (Fsp3) is 0.278. The number of carbonyl (C=O) groups excluding carboxylic acids is 1. The van der Waals surface area contributed by atoms with Crippen molar-refractivity contribution in [1.82, 2.24) is 4.31 Å². The molecule has 0 saturated carbocycles. The Balaban J connectivity index is 1.67. The van der Waals surface area contributed by atoms with E-state index in [0.29, 0.717) is 29.9 Å². The molecule has 1 fully saturated rings. The second-order valence-electron chi connectivity index (χ2n) is 5.99. The first-order valence-electron chi connectivity index (χ1n) is 8.08. The molecule has 1 saturated heterocycles. The Morgan fingerprint density at radius 2 is 1.68 bits per heavy atom. The Bertz CT molecular complexity index is 860. The third-order valence-corrected chi connectivity index (χ3v) is 6.69. The lowest BCUT2D eigenvalue weighted by Crippen LogP contribution is -2.29. The highest BCUT2D eigenvalue weighted by atomic mass is 79.9. The zero-order chi connectivity index (χ0) is 17.9. The number of sulfonamides is 1. The van der Waals surface area contributed by atoms with Gasteiger partial charge in [-0.1, -0.05) is 24.3 Å². The van der Waals surface area contributed by atoms with Crippen LogP contribution < -0.4 is 5.32 Å². The van der Waals surface area contributed by atoms with Crippen molar-refractivity contribution in [1.29, 1.82) is 0 Å². The number of carbonyl (C=O) groups is 1. The van der Waals surface area contributed by atoms with Crippen LogP contribution in [-0.2, 0) is 15.8 Å². The van der Waals surface area contributed by atoms with E-state index in [1.54, 1.807) is 34.6 Å². The van der Waals surface area contributed by atoms with E-state index >= 15 is 0 Å². The predicted octanol–water partition coefficient (Wildman–Crippen LogP) is 3.63. The number of nitrogens with zero attached hydrogens (tertiary/aromatic N) is 1. The smallest absolute Gasteiger partial charge is 0.255 e. The second kappa shape index (κ2) is 7.68. The molecule has 1 heterocycles. The molecule has 132 valence electrons. The molecule has 1 aliphatic heterocycles. The Morgan fingerprint density at radius 1 is 1.04 bits per heavy atom. The van der Waals surface area contributed by atoms with Gasteiger partial charge in [0.15, 0.2) is 0 Å². The van der Waals surface area contributed by atoms with Gasteiger partial charge in [0.1, 0.15) is 0 Å². The lowest BCUT2D eigenvalue weighted by molar-refractivity contribution is 0.102. The van der Waals surface area contributed by atoms with Crippen LogP contribution in [0, 0.1) is 0 Å². The van der Waals surface area contributed by atoms with Crippen molar-refractivity contribution in [3.05, 3.63) is 64.1 Å². The minimum absolute atomic E-state index is 0.0286. The Morgan fingerprint density at radius 3 is 2.32 bits per heavy atom. The molecule has 2 aromatic rings. The number of anilines is 1. The molecule has 0 atom stereocenters. The summed E-state index contributed by atoms with van der Waals surface area (Å²) in [5.41, 5.74) is 1.86. The van der Waals surface area contributed by atoms with Gasteiger partial charge in [-0.25, -0.2) is 12.7 Å². The van der Waals surface area contributed by atoms with Crippen LogP contribution in [0.1, 0.15) is 28.8 Å². The molecule has 0 bridgehead atoms. The number of benzene rings is 2. The number of nitrogens with one attached hydrogen (secondary N) is 1. The Hall–Kier alpha value is -1.70. The number of rotatable bonds is 5. The summed E-state index contributed by atoms with van der Waals surface area (Å²) in [6.45, 7) is 1.21. The largest absolute Gasteiger partial charge is 0.321 e. The lowest BCUT2D eigenvalue weighted by Gasteiger charge is -2.15. The number of hydrogen-bond acceptors (Lipinski definition) is 3. The van der Waals surface area contributed by atoms with E-state index < -0.39 is 10.0 Å². The Kier molecular flexibility index (Phi) is 5.56. The predicted molar refractivity (Wildman–Crippen MR) is 102 cm³/mol. The van der Waals surface area contributed by atoms with Crippen molar-refractivity contribution in [2.45, 2.75) is 18.6 Å². The molecular weight excluding hydrogens is 404 g/mol. The first-order valence-corrected chi connectivity index (χ1v) is 10.5. The summed E-state index contributed by atoms with van der Waals surface area (Å²) >= 11 is 3.39. The zero-order valence-electron chi connectivity index (χ0n) is 13.6. The van der Waals surface area contributed by atoms with Crippen molar-refractivity contribution in [3.8, 4) is 0 Å². The third-order valence-electron chi connectivity index (χ3n) is 4.15.